The molecular formula is C14H28N2. The van der Waals surface area contributed by atoms with Crippen LogP contribution in [0.5, 0.6) is 0 Å². The molecule has 2 unspecified atom stereocenters. The second kappa shape index (κ2) is 7.08. The maximum atomic E-state index is 3.76. The summed E-state index contributed by atoms with van der Waals surface area (Å²) in [6.45, 7) is 9.88. The van der Waals surface area contributed by atoms with Crippen molar-refractivity contribution in [2.24, 2.45) is 5.92 Å². The first-order valence-electron chi connectivity index (χ1n) is 6.63. The van der Waals surface area contributed by atoms with Crippen molar-refractivity contribution in [3.63, 3.8) is 0 Å². The van der Waals surface area contributed by atoms with Gasteiger partial charge < -0.3 is 9.80 Å². The van der Waals surface area contributed by atoms with Gasteiger partial charge in [0.2, 0.25) is 0 Å². The van der Waals surface area contributed by atoms with E-state index in [4.69, 9.17) is 0 Å². The number of likely N-dealkylation sites (tertiary alicyclic amines) is 1. The predicted octanol–water partition coefficient (Wildman–Crippen LogP) is 2.61. The molecule has 0 amide bonds. The molecular weight excluding hydrogens is 196 g/mol. The Bertz CT molecular complexity index is 193. The van der Waals surface area contributed by atoms with Crippen molar-refractivity contribution in [2.45, 2.75) is 38.6 Å². The highest BCUT2D eigenvalue weighted by Gasteiger charge is 2.26. The smallest absolute Gasteiger partial charge is 0.00676 e. The van der Waals surface area contributed by atoms with Crippen molar-refractivity contribution in [1.29, 1.82) is 0 Å². The average Bonchev–Trinajstić information content (AvgIpc) is 2.53. The fourth-order valence-electron chi connectivity index (χ4n) is 2.66. The molecule has 0 aromatic rings. The first kappa shape index (κ1) is 13.7. The third kappa shape index (κ3) is 4.67. The molecule has 0 bridgehead atoms. The molecule has 0 aromatic heterocycles. The first-order valence-corrected chi connectivity index (χ1v) is 6.63. The summed E-state index contributed by atoms with van der Waals surface area (Å²) in [4.78, 5) is 4.98. The Morgan fingerprint density at radius 2 is 2.19 bits per heavy atom. The average molecular weight is 224 g/mol. The Labute approximate surface area is 101 Å². The van der Waals surface area contributed by atoms with Crippen LogP contribution in [-0.4, -0.2) is 49.6 Å². The quantitative estimate of drug-likeness (QED) is 0.484. The summed E-state index contributed by atoms with van der Waals surface area (Å²) < 4.78 is 0. The third-order valence-electron chi connectivity index (χ3n) is 3.74. The lowest BCUT2D eigenvalue weighted by Gasteiger charge is -2.20. The zero-order valence-corrected chi connectivity index (χ0v) is 11.3. The summed E-state index contributed by atoms with van der Waals surface area (Å²) in [6, 6.07) is 0.777. The molecule has 1 aliphatic rings. The molecule has 0 radical (unpaired) electrons. The maximum absolute atomic E-state index is 3.76. The van der Waals surface area contributed by atoms with Crippen molar-refractivity contribution in [3.8, 4) is 0 Å². The minimum atomic E-state index is 0.777. The number of allylic oxidation sites excluding steroid dienone is 1. The van der Waals surface area contributed by atoms with Crippen LogP contribution < -0.4 is 0 Å². The highest BCUT2D eigenvalue weighted by molar-refractivity contribution is 4.81. The summed E-state index contributed by atoms with van der Waals surface area (Å²) in [7, 11) is 4.51. The van der Waals surface area contributed by atoms with E-state index in [0.717, 1.165) is 18.4 Å². The van der Waals surface area contributed by atoms with E-state index in [9.17, 15) is 0 Å². The molecule has 94 valence electrons. The number of hydrogen-bond acceptors (Lipinski definition) is 2. The molecule has 0 aromatic carbocycles. The van der Waals surface area contributed by atoms with Crippen LogP contribution >= 0.6 is 0 Å². The van der Waals surface area contributed by atoms with Crippen LogP contribution in [0.25, 0.3) is 0 Å². The SMILES string of the molecule is C=CCCCCN(C)CC1CC(C)N(C)C1. The Balaban J connectivity index is 2.10. The lowest BCUT2D eigenvalue weighted by atomic mass is 10.1. The van der Waals surface area contributed by atoms with Crippen LogP contribution in [0.1, 0.15) is 32.6 Å². The minimum absolute atomic E-state index is 0.777. The van der Waals surface area contributed by atoms with Gasteiger partial charge in [0.05, 0.1) is 0 Å². The molecule has 1 heterocycles. The molecule has 2 heteroatoms. The third-order valence-corrected chi connectivity index (χ3v) is 3.74. The molecule has 0 N–H and O–H groups in total. The summed E-state index contributed by atoms with van der Waals surface area (Å²) in [6.07, 6.45) is 7.15. The normalized spacial score (nSPS) is 26.5. The molecule has 1 fully saturated rings. The van der Waals surface area contributed by atoms with Gasteiger partial charge in [-0.2, -0.15) is 0 Å². The zero-order valence-electron chi connectivity index (χ0n) is 11.3. The van der Waals surface area contributed by atoms with Crippen LogP contribution in [0.2, 0.25) is 0 Å². The van der Waals surface area contributed by atoms with Crippen LogP contribution in [0.4, 0.5) is 0 Å². The summed E-state index contributed by atoms with van der Waals surface area (Å²) in [5.74, 6) is 0.879. The molecule has 2 atom stereocenters. The van der Waals surface area contributed by atoms with Gasteiger partial charge in [0.15, 0.2) is 0 Å². The van der Waals surface area contributed by atoms with E-state index >= 15 is 0 Å². The fraction of sp³-hybridized carbons (Fsp3) is 0.857. The van der Waals surface area contributed by atoms with E-state index in [-0.39, 0.29) is 0 Å². The maximum Gasteiger partial charge on any atom is 0.00676 e. The van der Waals surface area contributed by atoms with Crippen molar-refractivity contribution in [1.82, 2.24) is 9.80 Å². The van der Waals surface area contributed by atoms with Gasteiger partial charge in [-0.3, -0.25) is 0 Å². The van der Waals surface area contributed by atoms with E-state index in [0.29, 0.717) is 0 Å². The molecule has 0 spiro atoms. The van der Waals surface area contributed by atoms with Crippen LogP contribution in [0, 0.1) is 5.92 Å². The van der Waals surface area contributed by atoms with Gasteiger partial charge in [-0.05, 0) is 59.2 Å². The van der Waals surface area contributed by atoms with Gasteiger partial charge >= 0.3 is 0 Å². The van der Waals surface area contributed by atoms with Crippen molar-refractivity contribution in [2.75, 3.05) is 33.7 Å². The van der Waals surface area contributed by atoms with Gasteiger partial charge in [-0.15, -0.1) is 6.58 Å². The summed E-state index contributed by atoms with van der Waals surface area (Å²) in [5, 5.41) is 0. The fourth-order valence-corrected chi connectivity index (χ4v) is 2.66. The Morgan fingerprint density at radius 3 is 2.75 bits per heavy atom. The second-order valence-electron chi connectivity index (χ2n) is 5.44. The molecule has 0 aliphatic carbocycles. The van der Waals surface area contributed by atoms with Gasteiger partial charge in [0.25, 0.3) is 0 Å². The van der Waals surface area contributed by atoms with E-state index in [1.807, 2.05) is 6.08 Å². The predicted molar refractivity (Wildman–Crippen MR) is 71.7 cm³/mol. The monoisotopic (exact) mass is 224 g/mol. The van der Waals surface area contributed by atoms with Crippen LogP contribution in [0.15, 0.2) is 12.7 Å². The second-order valence-corrected chi connectivity index (χ2v) is 5.44. The van der Waals surface area contributed by atoms with E-state index < -0.39 is 0 Å². The molecule has 1 saturated heterocycles. The minimum Gasteiger partial charge on any atom is -0.306 e. The number of unbranched alkanes of at least 4 members (excludes halogenated alkanes) is 2. The van der Waals surface area contributed by atoms with Gasteiger partial charge in [0.1, 0.15) is 0 Å². The van der Waals surface area contributed by atoms with E-state index in [2.05, 4.69) is 37.4 Å². The number of rotatable bonds is 7. The topological polar surface area (TPSA) is 6.48 Å². The standard InChI is InChI=1S/C14H28N2/c1-5-6-7-8-9-15(3)11-14-10-13(2)16(4)12-14/h5,13-14H,1,6-12H2,2-4H3. The highest BCUT2D eigenvalue weighted by Crippen LogP contribution is 2.21. The molecule has 16 heavy (non-hydrogen) atoms. The van der Waals surface area contributed by atoms with Crippen LogP contribution in [-0.2, 0) is 0 Å². The van der Waals surface area contributed by atoms with Crippen molar-refractivity contribution in [3.05, 3.63) is 12.7 Å². The largest absolute Gasteiger partial charge is 0.306 e. The Kier molecular flexibility index (Phi) is 6.07. The molecule has 0 saturated carbocycles. The first-order chi connectivity index (χ1) is 7.63. The summed E-state index contributed by atoms with van der Waals surface area (Å²) in [5.41, 5.74) is 0. The van der Waals surface area contributed by atoms with Crippen molar-refractivity contribution < 1.29 is 0 Å². The van der Waals surface area contributed by atoms with E-state index in [1.54, 1.807) is 0 Å². The van der Waals surface area contributed by atoms with Crippen molar-refractivity contribution >= 4 is 0 Å². The lowest BCUT2D eigenvalue weighted by Crippen LogP contribution is -2.28. The molecule has 1 aliphatic heterocycles. The molecule has 2 nitrogen and oxygen atoms in total. The lowest BCUT2D eigenvalue weighted by molar-refractivity contribution is 0.267. The number of nitrogens with zero attached hydrogens (tertiary/aromatic N) is 2. The van der Waals surface area contributed by atoms with Gasteiger partial charge in [0, 0.05) is 19.1 Å². The number of hydrogen-bond donors (Lipinski definition) is 0. The Hall–Kier alpha value is -0.340. The van der Waals surface area contributed by atoms with Gasteiger partial charge in [-0.25, -0.2) is 0 Å². The Morgan fingerprint density at radius 1 is 1.44 bits per heavy atom. The van der Waals surface area contributed by atoms with E-state index in [1.165, 1.54) is 38.9 Å². The zero-order chi connectivity index (χ0) is 12.0. The van der Waals surface area contributed by atoms with Crippen LogP contribution in [0.3, 0.4) is 0 Å². The summed E-state index contributed by atoms with van der Waals surface area (Å²) >= 11 is 0. The molecule has 1 rings (SSSR count). The highest BCUT2D eigenvalue weighted by atomic mass is 15.2. The van der Waals surface area contributed by atoms with Gasteiger partial charge in [-0.1, -0.05) is 6.08 Å².